The third kappa shape index (κ3) is 2.57. The fraction of sp³-hybridized carbons (Fsp3) is 0.167. The van der Waals surface area contributed by atoms with Gasteiger partial charge in [-0.15, -0.1) is 22.7 Å². The summed E-state index contributed by atoms with van der Waals surface area (Å²) < 4.78 is 2.10. The quantitative estimate of drug-likeness (QED) is 0.571. The van der Waals surface area contributed by atoms with Crippen LogP contribution in [0, 0.1) is 13.8 Å². The van der Waals surface area contributed by atoms with E-state index >= 15 is 0 Å². The molecule has 0 saturated carbocycles. The number of aromatic amines is 1. The van der Waals surface area contributed by atoms with Crippen molar-refractivity contribution in [1.82, 2.24) is 9.97 Å². The van der Waals surface area contributed by atoms with Gasteiger partial charge in [-0.25, -0.2) is 4.98 Å². The number of fused-ring (bicyclic) bond motifs is 1. The molecule has 4 nitrogen and oxygen atoms in total. The van der Waals surface area contributed by atoms with Gasteiger partial charge in [-0.3, -0.25) is 4.79 Å². The fourth-order valence-corrected chi connectivity index (χ4v) is 4.55. The van der Waals surface area contributed by atoms with Crippen LogP contribution in [0.4, 0.5) is 0 Å². The zero-order chi connectivity index (χ0) is 16.7. The standard InChI is InChI=1S/C18H15N3OS2/c1-11-5-3-7-21(12(11)2)9-15-19-17(22)16-13(10-24-18(16)20-15)14-6-4-8-23-14/h3-8,10H,9H2,1-2H3/p+1. The molecule has 6 heteroatoms. The Hall–Kier alpha value is -2.31. The van der Waals surface area contributed by atoms with Crippen LogP contribution < -0.4 is 10.1 Å². The summed E-state index contributed by atoms with van der Waals surface area (Å²) in [6.45, 7) is 4.72. The molecule has 0 amide bonds. The van der Waals surface area contributed by atoms with Gasteiger partial charge >= 0.3 is 0 Å². The monoisotopic (exact) mass is 354 g/mol. The first-order chi connectivity index (χ1) is 11.6. The minimum Gasteiger partial charge on any atom is -0.305 e. The maximum absolute atomic E-state index is 12.6. The molecule has 0 saturated heterocycles. The van der Waals surface area contributed by atoms with Gasteiger partial charge in [0.15, 0.2) is 17.7 Å². The van der Waals surface area contributed by atoms with E-state index in [1.54, 1.807) is 11.3 Å². The summed E-state index contributed by atoms with van der Waals surface area (Å²) in [5.41, 5.74) is 3.30. The first kappa shape index (κ1) is 15.2. The summed E-state index contributed by atoms with van der Waals surface area (Å²) in [6, 6.07) is 8.12. The van der Waals surface area contributed by atoms with E-state index in [1.807, 2.05) is 35.2 Å². The second-order valence-corrected chi connectivity index (χ2v) is 7.53. The lowest BCUT2D eigenvalue weighted by atomic mass is 10.2. The molecule has 24 heavy (non-hydrogen) atoms. The first-order valence-electron chi connectivity index (χ1n) is 7.63. The number of hydrogen-bond donors (Lipinski definition) is 1. The van der Waals surface area contributed by atoms with Crippen LogP contribution in [0.3, 0.4) is 0 Å². The predicted octanol–water partition coefficient (Wildman–Crippen LogP) is 3.67. The van der Waals surface area contributed by atoms with Gasteiger partial charge in [-0.1, -0.05) is 6.07 Å². The topological polar surface area (TPSA) is 49.6 Å². The number of hydrogen-bond acceptors (Lipinski definition) is 4. The van der Waals surface area contributed by atoms with Crippen molar-refractivity contribution in [2.24, 2.45) is 0 Å². The largest absolute Gasteiger partial charge is 0.305 e. The van der Waals surface area contributed by atoms with Crippen LogP contribution >= 0.6 is 22.7 Å². The Morgan fingerprint density at radius 2 is 2.08 bits per heavy atom. The van der Waals surface area contributed by atoms with E-state index < -0.39 is 0 Å². The number of thiophene rings is 2. The highest BCUT2D eigenvalue weighted by Crippen LogP contribution is 2.33. The molecule has 0 unspecified atom stereocenters. The van der Waals surface area contributed by atoms with E-state index in [1.165, 1.54) is 22.6 Å². The molecule has 0 aromatic carbocycles. The van der Waals surface area contributed by atoms with E-state index in [2.05, 4.69) is 34.4 Å². The maximum Gasteiger partial charge on any atom is 0.260 e. The van der Waals surface area contributed by atoms with Crippen LogP contribution in [0.15, 0.2) is 46.0 Å². The van der Waals surface area contributed by atoms with Gasteiger partial charge in [0.25, 0.3) is 5.56 Å². The van der Waals surface area contributed by atoms with Gasteiger partial charge in [0.2, 0.25) is 6.54 Å². The van der Waals surface area contributed by atoms with Crippen molar-refractivity contribution < 1.29 is 4.57 Å². The minimum absolute atomic E-state index is 0.0643. The molecule has 0 atom stereocenters. The smallest absolute Gasteiger partial charge is 0.260 e. The van der Waals surface area contributed by atoms with Crippen molar-refractivity contribution >= 4 is 32.9 Å². The molecular formula is C18H16N3OS2+. The van der Waals surface area contributed by atoms with Crippen molar-refractivity contribution in [2.75, 3.05) is 0 Å². The highest BCUT2D eigenvalue weighted by Gasteiger charge is 2.16. The van der Waals surface area contributed by atoms with Crippen LogP contribution in [0.1, 0.15) is 17.1 Å². The number of aryl methyl sites for hydroxylation is 1. The molecule has 0 fully saturated rings. The van der Waals surface area contributed by atoms with E-state index in [4.69, 9.17) is 0 Å². The van der Waals surface area contributed by atoms with Crippen molar-refractivity contribution in [2.45, 2.75) is 20.4 Å². The molecule has 4 heterocycles. The molecule has 0 bridgehead atoms. The maximum atomic E-state index is 12.6. The van der Waals surface area contributed by atoms with E-state index in [-0.39, 0.29) is 5.56 Å². The van der Waals surface area contributed by atoms with Crippen molar-refractivity contribution in [3.63, 3.8) is 0 Å². The number of rotatable bonds is 3. The Morgan fingerprint density at radius 3 is 2.88 bits per heavy atom. The average Bonchev–Trinajstić information content (AvgIpc) is 3.20. The Labute approximate surface area is 147 Å². The Morgan fingerprint density at radius 1 is 1.21 bits per heavy atom. The van der Waals surface area contributed by atoms with Gasteiger partial charge in [0, 0.05) is 34.4 Å². The summed E-state index contributed by atoms with van der Waals surface area (Å²) in [7, 11) is 0. The SMILES string of the molecule is Cc1ccc[n+](Cc2nc3scc(-c4cccs4)c3c(=O)[nH]2)c1C. The zero-order valence-corrected chi connectivity index (χ0v) is 15.0. The predicted molar refractivity (Wildman–Crippen MR) is 98.8 cm³/mol. The molecule has 120 valence electrons. The van der Waals surface area contributed by atoms with Crippen LogP contribution in [-0.4, -0.2) is 9.97 Å². The van der Waals surface area contributed by atoms with Gasteiger partial charge in [0.05, 0.1) is 5.39 Å². The second kappa shape index (κ2) is 5.96. The van der Waals surface area contributed by atoms with E-state index in [0.717, 1.165) is 15.3 Å². The van der Waals surface area contributed by atoms with Gasteiger partial charge in [-0.2, -0.15) is 4.57 Å². The summed E-state index contributed by atoms with van der Waals surface area (Å²) in [4.78, 5) is 22.2. The minimum atomic E-state index is -0.0643. The van der Waals surface area contributed by atoms with Gasteiger partial charge in [-0.05, 0) is 24.4 Å². The third-order valence-corrected chi connectivity index (χ3v) is 5.99. The third-order valence-electron chi connectivity index (χ3n) is 4.21. The average molecular weight is 354 g/mol. The highest BCUT2D eigenvalue weighted by atomic mass is 32.1. The van der Waals surface area contributed by atoms with E-state index in [0.29, 0.717) is 17.8 Å². The number of nitrogens with one attached hydrogen (secondary N) is 1. The molecule has 0 spiro atoms. The lowest BCUT2D eigenvalue weighted by Crippen LogP contribution is -2.39. The second-order valence-electron chi connectivity index (χ2n) is 5.72. The zero-order valence-electron chi connectivity index (χ0n) is 13.4. The van der Waals surface area contributed by atoms with Crippen LogP contribution in [0.5, 0.6) is 0 Å². The summed E-state index contributed by atoms with van der Waals surface area (Å²) in [6.07, 6.45) is 2.01. The van der Waals surface area contributed by atoms with Crippen molar-refractivity contribution in [3.05, 3.63) is 68.7 Å². The molecule has 4 aromatic heterocycles. The molecule has 1 N–H and O–H groups in total. The molecule has 0 aliphatic carbocycles. The van der Waals surface area contributed by atoms with Crippen LogP contribution in [0.25, 0.3) is 20.7 Å². The lowest BCUT2D eigenvalue weighted by Gasteiger charge is -2.03. The van der Waals surface area contributed by atoms with Crippen LogP contribution in [0.2, 0.25) is 0 Å². The number of pyridine rings is 1. The normalized spacial score (nSPS) is 11.2. The summed E-state index contributed by atoms with van der Waals surface area (Å²) in [5.74, 6) is 0.686. The number of nitrogens with zero attached hydrogens (tertiary/aromatic N) is 2. The fourth-order valence-electron chi connectivity index (χ4n) is 2.76. The molecule has 0 radical (unpaired) electrons. The summed E-state index contributed by atoms with van der Waals surface area (Å²) >= 11 is 3.16. The summed E-state index contributed by atoms with van der Waals surface area (Å²) in [5, 5.41) is 4.73. The van der Waals surface area contributed by atoms with Crippen molar-refractivity contribution in [3.8, 4) is 10.4 Å². The molecule has 4 aromatic rings. The highest BCUT2D eigenvalue weighted by molar-refractivity contribution is 7.18. The number of aromatic nitrogens is 3. The Balaban J connectivity index is 1.79. The molecule has 0 aliphatic rings. The lowest BCUT2D eigenvalue weighted by molar-refractivity contribution is -0.695. The first-order valence-corrected chi connectivity index (χ1v) is 9.39. The van der Waals surface area contributed by atoms with Gasteiger partial charge < -0.3 is 4.98 Å². The van der Waals surface area contributed by atoms with E-state index in [9.17, 15) is 4.79 Å². The molecule has 4 rings (SSSR count). The van der Waals surface area contributed by atoms with Gasteiger partial charge in [0.1, 0.15) is 4.83 Å². The molecular weight excluding hydrogens is 338 g/mol. The van der Waals surface area contributed by atoms with Crippen LogP contribution in [-0.2, 0) is 6.54 Å². The Kier molecular flexibility index (Phi) is 3.78. The Bertz CT molecular complexity index is 1080. The number of H-pyrrole nitrogens is 1. The van der Waals surface area contributed by atoms with Crippen molar-refractivity contribution in [1.29, 1.82) is 0 Å². The molecule has 0 aliphatic heterocycles.